The number of carbonyl (C=O) groups is 1. The van der Waals surface area contributed by atoms with E-state index in [0.717, 1.165) is 37.4 Å². The zero-order chi connectivity index (χ0) is 13.0. The summed E-state index contributed by atoms with van der Waals surface area (Å²) in [6.07, 6.45) is 2.65. The van der Waals surface area contributed by atoms with Gasteiger partial charge in [-0.15, -0.1) is 0 Å². The van der Waals surface area contributed by atoms with Gasteiger partial charge in [0, 0.05) is 25.6 Å². The molecule has 0 unspecified atom stereocenters. The van der Waals surface area contributed by atoms with Gasteiger partial charge in [0.2, 0.25) is 5.91 Å². The first-order chi connectivity index (χ1) is 8.66. The fourth-order valence-corrected chi connectivity index (χ4v) is 2.39. The van der Waals surface area contributed by atoms with Crippen LogP contribution in [-0.4, -0.2) is 23.9 Å². The van der Waals surface area contributed by atoms with Crippen LogP contribution < -0.4 is 5.73 Å². The number of piperidine rings is 1. The molecule has 2 rings (SSSR count). The SMILES string of the molecule is CC1CCN(C(=O)C[C@H](N)c2ccccc2)CC1. The number of nitrogens with two attached hydrogens (primary N) is 1. The Bertz CT molecular complexity index is 383. The van der Waals surface area contributed by atoms with Crippen LogP contribution in [0.25, 0.3) is 0 Å². The monoisotopic (exact) mass is 246 g/mol. The Hall–Kier alpha value is -1.35. The quantitative estimate of drug-likeness (QED) is 0.889. The molecule has 18 heavy (non-hydrogen) atoms. The van der Waals surface area contributed by atoms with E-state index in [1.165, 1.54) is 0 Å². The maximum atomic E-state index is 12.1. The lowest BCUT2D eigenvalue weighted by molar-refractivity contribution is -0.132. The molecule has 1 fully saturated rings. The van der Waals surface area contributed by atoms with E-state index in [0.29, 0.717) is 6.42 Å². The molecule has 1 aliphatic heterocycles. The van der Waals surface area contributed by atoms with Crippen LogP contribution in [0.3, 0.4) is 0 Å². The predicted octanol–water partition coefficient (Wildman–Crippen LogP) is 2.33. The molecule has 1 atom stereocenters. The van der Waals surface area contributed by atoms with Crippen LogP contribution in [0.4, 0.5) is 0 Å². The van der Waals surface area contributed by atoms with Crippen LogP contribution in [0, 0.1) is 5.92 Å². The molecule has 0 spiro atoms. The summed E-state index contributed by atoms with van der Waals surface area (Å²) in [5.41, 5.74) is 7.12. The highest BCUT2D eigenvalue weighted by Gasteiger charge is 2.22. The van der Waals surface area contributed by atoms with Gasteiger partial charge in [0.05, 0.1) is 0 Å². The molecule has 1 saturated heterocycles. The van der Waals surface area contributed by atoms with E-state index in [2.05, 4.69) is 6.92 Å². The van der Waals surface area contributed by atoms with E-state index in [4.69, 9.17) is 5.73 Å². The van der Waals surface area contributed by atoms with Gasteiger partial charge in [0.15, 0.2) is 0 Å². The van der Waals surface area contributed by atoms with Gasteiger partial charge in [-0.1, -0.05) is 37.3 Å². The van der Waals surface area contributed by atoms with Crippen molar-refractivity contribution in [2.45, 2.75) is 32.2 Å². The Morgan fingerprint density at radius 2 is 1.94 bits per heavy atom. The van der Waals surface area contributed by atoms with Crippen LogP contribution in [0.1, 0.15) is 37.8 Å². The summed E-state index contributed by atoms with van der Waals surface area (Å²) in [4.78, 5) is 14.1. The highest BCUT2D eigenvalue weighted by atomic mass is 16.2. The number of hydrogen-bond acceptors (Lipinski definition) is 2. The van der Waals surface area contributed by atoms with E-state index < -0.39 is 0 Å². The van der Waals surface area contributed by atoms with Crippen molar-refractivity contribution in [3.63, 3.8) is 0 Å². The highest BCUT2D eigenvalue weighted by Crippen LogP contribution is 2.19. The van der Waals surface area contributed by atoms with Crippen molar-refractivity contribution in [1.82, 2.24) is 4.90 Å². The van der Waals surface area contributed by atoms with Crippen molar-refractivity contribution in [2.75, 3.05) is 13.1 Å². The molecule has 0 radical (unpaired) electrons. The normalized spacial score (nSPS) is 18.7. The van der Waals surface area contributed by atoms with Gasteiger partial charge in [-0.2, -0.15) is 0 Å². The average molecular weight is 246 g/mol. The maximum Gasteiger partial charge on any atom is 0.224 e. The Kier molecular flexibility index (Phi) is 4.37. The topological polar surface area (TPSA) is 46.3 Å². The number of amides is 1. The molecule has 1 aromatic carbocycles. The summed E-state index contributed by atoms with van der Waals surface area (Å²) < 4.78 is 0. The summed E-state index contributed by atoms with van der Waals surface area (Å²) in [5, 5.41) is 0. The van der Waals surface area contributed by atoms with Crippen LogP contribution in [0.5, 0.6) is 0 Å². The molecule has 2 N–H and O–H groups in total. The first-order valence-electron chi connectivity index (χ1n) is 6.75. The largest absolute Gasteiger partial charge is 0.343 e. The molecule has 1 aliphatic rings. The Morgan fingerprint density at radius 3 is 2.56 bits per heavy atom. The van der Waals surface area contributed by atoms with Gasteiger partial charge >= 0.3 is 0 Å². The summed E-state index contributed by atoms with van der Waals surface area (Å²) in [6, 6.07) is 9.67. The molecule has 98 valence electrons. The summed E-state index contributed by atoms with van der Waals surface area (Å²) in [6.45, 7) is 4.03. The van der Waals surface area contributed by atoms with Crippen molar-refractivity contribution in [1.29, 1.82) is 0 Å². The Balaban J connectivity index is 1.87. The third kappa shape index (κ3) is 3.33. The van der Waals surface area contributed by atoms with Gasteiger partial charge in [-0.05, 0) is 24.3 Å². The zero-order valence-corrected chi connectivity index (χ0v) is 11.0. The average Bonchev–Trinajstić information content (AvgIpc) is 2.40. The molecule has 1 heterocycles. The number of rotatable bonds is 3. The van der Waals surface area contributed by atoms with Crippen LogP contribution >= 0.6 is 0 Å². The minimum absolute atomic E-state index is 0.182. The van der Waals surface area contributed by atoms with Gasteiger partial charge in [0.25, 0.3) is 0 Å². The first kappa shape index (κ1) is 13.1. The third-order valence-corrected chi connectivity index (χ3v) is 3.76. The number of benzene rings is 1. The summed E-state index contributed by atoms with van der Waals surface area (Å²) >= 11 is 0. The molecule has 0 aromatic heterocycles. The molecule has 0 bridgehead atoms. The molecular formula is C15H22N2O. The maximum absolute atomic E-state index is 12.1. The third-order valence-electron chi connectivity index (χ3n) is 3.76. The molecular weight excluding hydrogens is 224 g/mol. The Labute approximate surface area is 109 Å². The van der Waals surface area contributed by atoms with Crippen molar-refractivity contribution in [3.05, 3.63) is 35.9 Å². The van der Waals surface area contributed by atoms with Gasteiger partial charge in [-0.25, -0.2) is 0 Å². The van der Waals surface area contributed by atoms with Crippen LogP contribution in [0.15, 0.2) is 30.3 Å². The molecule has 1 aromatic rings. The lowest BCUT2D eigenvalue weighted by Gasteiger charge is -2.31. The minimum Gasteiger partial charge on any atom is -0.343 e. The van der Waals surface area contributed by atoms with E-state index in [9.17, 15) is 4.79 Å². The first-order valence-corrected chi connectivity index (χ1v) is 6.75. The van der Waals surface area contributed by atoms with Gasteiger partial charge < -0.3 is 10.6 Å². The lowest BCUT2D eigenvalue weighted by Crippen LogP contribution is -2.39. The number of nitrogens with zero attached hydrogens (tertiary/aromatic N) is 1. The molecule has 0 saturated carbocycles. The molecule has 0 aliphatic carbocycles. The second-order valence-corrected chi connectivity index (χ2v) is 5.28. The fraction of sp³-hybridized carbons (Fsp3) is 0.533. The zero-order valence-electron chi connectivity index (χ0n) is 11.0. The van der Waals surface area contributed by atoms with Crippen molar-refractivity contribution >= 4 is 5.91 Å². The fourth-order valence-electron chi connectivity index (χ4n) is 2.39. The van der Waals surface area contributed by atoms with Gasteiger partial charge in [-0.3, -0.25) is 4.79 Å². The number of carbonyl (C=O) groups excluding carboxylic acids is 1. The molecule has 3 nitrogen and oxygen atoms in total. The number of hydrogen-bond donors (Lipinski definition) is 1. The molecule has 1 amide bonds. The van der Waals surface area contributed by atoms with Crippen molar-refractivity contribution < 1.29 is 4.79 Å². The summed E-state index contributed by atoms with van der Waals surface area (Å²) in [5.74, 6) is 0.940. The van der Waals surface area contributed by atoms with E-state index >= 15 is 0 Å². The van der Waals surface area contributed by atoms with E-state index in [1.807, 2.05) is 35.2 Å². The lowest BCUT2D eigenvalue weighted by atomic mass is 9.98. The van der Waals surface area contributed by atoms with Crippen molar-refractivity contribution in [3.8, 4) is 0 Å². The van der Waals surface area contributed by atoms with Crippen LogP contribution in [-0.2, 0) is 4.79 Å². The molecule has 3 heteroatoms. The van der Waals surface area contributed by atoms with E-state index in [-0.39, 0.29) is 11.9 Å². The predicted molar refractivity (Wildman–Crippen MR) is 73.0 cm³/mol. The highest BCUT2D eigenvalue weighted by molar-refractivity contribution is 5.77. The van der Waals surface area contributed by atoms with Gasteiger partial charge in [0.1, 0.15) is 0 Å². The smallest absolute Gasteiger partial charge is 0.224 e. The Morgan fingerprint density at radius 1 is 1.33 bits per heavy atom. The van der Waals surface area contributed by atoms with Crippen molar-refractivity contribution in [2.24, 2.45) is 11.7 Å². The van der Waals surface area contributed by atoms with Crippen LogP contribution in [0.2, 0.25) is 0 Å². The summed E-state index contributed by atoms with van der Waals surface area (Å²) in [7, 11) is 0. The van der Waals surface area contributed by atoms with E-state index in [1.54, 1.807) is 0 Å². The standard InChI is InChI=1S/C15H22N2O/c1-12-7-9-17(10-8-12)15(18)11-14(16)13-5-3-2-4-6-13/h2-6,12,14H,7-11,16H2,1H3/t14-/m0/s1. The number of likely N-dealkylation sites (tertiary alicyclic amines) is 1. The second-order valence-electron chi connectivity index (χ2n) is 5.28. The minimum atomic E-state index is -0.182. The second kappa shape index (κ2) is 6.01.